The Bertz CT molecular complexity index is 1010. The number of benzene rings is 2. The third-order valence-corrected chi connectivity index (χ3v) is 7.11. The fourth-order valence-corrected chi connectivity index (χ4v) is 5.32. The summed E-state index contributed by atoms with van der Waals surface area (Å²) in [6.07, 6.45) is 4.41. The first kappa shape index (κ1) is 21.5. The van der Waals surface area contributed by atoms with Gasteiger partial charge in [-0.3, -0.25) is 14.6 Å². The van der Waals surface area contributed by atoms with Crippen LogP contribution in [0.5, 0.6) is 0 Å². The first-order chi connectivity index (χ1) is 14.9. The standard InChI is InChI=1S/C26H33N3O2/c1-3-8-22-23(30)16-26(2,28-25(22)27)20-12-7-14-29(17-20)24(31)15-19-11-6-10-18-9-4-5-13-21(18)19/h4-6,9-11,13,20,22H,3,7-8,12,14-17H2,1-2H3,(H2,27,28)/t20?,22?,26-/m0/s1. The molecule has 31 heavy (non-hydrogen) atoms. The largest absolute Gasteiger partial charge is 0.387 e. The Balaban J connectivity index is 1.49. The Hall–Kier alpha value is -2.69. The predicted molar refractivity (Wildman–Crippen MR) is 125 cm³/mol. The van der Waals surface area contributed by atoms with Crippen molar-refractivity contribution < 1.29 is 9.59 Å². The van der Waals surface area contributed by atoms with Gasteiger partial charge in [-0.05, 0) is 42.5 Å². The van der Waals surface area contributed by atoms with Crippen molar-refractivity contribution in [3.05, 3.63) is 48.0 Å². The van der Waals surface area contributed by atoms with Gasteiger partial charge in [0.25, 0.3) is 0 Å². The Morgan fingerprint density at radius 3 is 2.77 bits per heavy atom. The van der Waals surface area contributed by atoms with E-state index in [4.69, 9.17) is 10.7 Å². The molecule has 1 amide bonds. The summed E-state index contributed by atoms with van der Waals surface area (Å²) in [5.41, 5.74) is 6.79. The molecule has 2 aliphatic rings. The number of piperidine rings is 1. The van der Waals surface area contributed by atoms with Gasteiger partial charge in [0.1, 0.15) is 11.6 Å². The number of amidine groups is 1. The summed E-state index contributed by atoms with van der Waals surface area (Å²) in [6.45, 7) is 5.52. The van der Waals surface area contributed by atoms with Crippen LogP contribution in [0.2, 0.25) is 0 Å². The van der Waals surface area contributed by atoms with Gasteiger partial charge in [-0.2, -0.15) is 0 Å². The van der Waals surface area contributed by atoms with Crippen molar-refractivity contribution in [2.75, 3.05) is 13.1 Å². The van der Waals surface area contributed by atoms with Crippen LogP contribution in [0.15, 0.2) is 47.5 Å². The molecule has 0 spiro atoms. The maximum atomic E-state index is 13.2. The first-order valence-electron chi connectivity index (χ1n) is 11.5. The lowest BCUT2D eigenvalue weighted by atomic mass is 9.73. The number of aliphatic imine (C=N–C) groups is 1. The van der Waals surface area contributed by atoms with Gasteiger partial charge in [0.2, 0.25) is 5.91 Å². The Kier molecular flexibility index (Phi) is 6.12. The topological polar surface area (TPSA) is 75.8 Å². The molecule has 1 saturated heterocycles. The van der Waals surface area contributed by atoms with E-state index >= 15 is 0 Å². The van der Waals surface area contributed by atoms with E-state index in [0.29, 0.717) is 25.2 Å². The van der Waals surface area contributed by atoms with E-state index in [1.54, 1.807) is 0 Å². The van der Waals surface area contributed by atoms with Crippen molar-refractivity contribution >= 4 is 28.3 Å². The summed E-state index contributed by atoms with van der Waals surface area (Å²) in [7, 11) is 0. The molecule has 1 fully saturated rings. The minimum absolute atomic E-state index is 0.146. The Morgan fingerprint density at radius 2 is 2.00 bits per heavy atom. The number of Topliss-reactive ketones (excluding diaryl/α,β-unsaturated/α-hetero) is 1. The minimum atomic E-state index is -0.510. The van der Waals surface area contributed by atoms with Gasteiger partial charge in [0.05, 0.1) is 17.9 Å². The molecule has 2 aliphatic heterocycles. The molecule has 5 heteroatoms. The molecule has 5 nitrogen and oxygen atoms in total. The highest BCUT2D eigenvalue weighted by atomic mass is 16.2. The number of nitrogens with zero attached hydrogens (tertiary/aromatic N) is 2. The van der Waals surface area contributed by atoms with Crippen molar-refractivity contribution in [1.29, 1.82) is 0 Å². The van der Waals surface area contributed by atoms with Crippen LogP contribution in [0.25, 0.3) is 10.8 Å². The number of carbonyl (C=O) groups excluding carboxylic acids is 2. The van der Waals surface area contributed by atoms with Crippen molar-refractivity contribution in [1.82, 2.24) is 4.90 Å². The number of hydrogen-bond donors (Lipinski definition) is 1. The van der Waals surface area contributed by atoms with Crippen molar-refractivity contribution in [3.63, 3.8) is 0 Å². The maximum Gasteiger partial charge on any atom is 0.227 e. The molecule has 0 bridgehead atoms. The molecular weight excluding hydrogens is 386 g/mol. The lowest BCUT2D eigenvalue weighted by Crippen LogP contribution is -2.52. The van der Waals surface area contributed by atoms with Gasteiger partial charge in [-0.25, -0.2) is 0 Å². The second kappa shape index (κ2) is 8.81. The summed E-state index contributed by atoms with van der Waals surface area (Å²) in [5, 5.41) is 2.29. The minimum Gasteiger partial charge on any atom is -0.387 e. The van der Waals surface area contributed by atoms with Gasteiger partial charge >= 0.3 is 0 Å². The highest BCUT2D eigenvalue weighted by Crippen LogP contribution is 2.37. The third-order valence-electron chi connectivity index (χ3n) is 7.11. The summed E-state index contributed by atoms with van der Waals surface area (Å²) >= 11 is 0. The van der Waals surface area contributed by atoms with Crippen LogP contribution in [0.4, 0.5) is 0 Å². The molecule has 3 atom stereocenters. The number of rotatable bonds is 5. The van der Waals surface area contributed by atoms with Crippen LogP contribution >= 0.6 is 0 Å². The van der Waals surface area contributed by atoms with Crippen LogP contribution in [0.3, 0.4) is 0 Å². The zero-order valence-electron chi connectivity index (χ0n) is 18.6. The first-order valence-corrected chi connectivity index (χ1v) is 11.5. The predicted octanol–water partition coefficient (Wildman–Crippen LogP) is 4.13. The molecule has 2 aromatic carbocycles. The zero-order chi connectivity index (χ0) is 22.0. The molecule has 0 radical (unpaired) electrons. The number of nitrogens with two attached hydrogens (primary N) is 1. The number of amides is 1. The fourth-order valence-electron chi connectivity index (χ4n) is 5.32. The normalized spacial score (nSPS) is 26.7. The van der Waals surface area contributed by atoms with Crippen LogP contribution in [-0.2, 0) is 16.0 Å². The van der Waals surface area contributed by atoms with E-state index in [9.17, 15) is 9.59 Å². The highest BCUT2D eigenvalue weighted by Gasteiger charge is 2.44. The maximum absolute atomic E-state index is 13.2. The molecular formula is C26H33N3O2. The molecule has 0 aliphatic carbocycles. The quantitative estimate of drug-likeness (QED) is 0.792. The Morgan fingerprint density at radius 1 is 1.23 bits per heavy atom. The summed E-state index contributed by atoms with van der Waals surface area (Å²) < 4.78 is 0. The molecule has 0 saturated carbocycles. The van der Waals surface area contributed by atoms with Crippen LogP contribution in [0, 0.1) is 11.8 Å². The van der Waals surface area contributed by atoms with E-state index in [0.717, 1.165) is 48.6 Å². The average Bonchev–Trinajstić information content (AvgIpc) is 2.76. The van der Waals surface area contributed by atoms with Crippen molar-refractivity contribution in [3.8, 4) is 0 Å². The van der Waals surface area contributed by atoms with Crippen molar-refractivity contribution in [2.45, 2.75) is 57.9 Å². The summed E-state index contributed by atoms with van der Waals surface area (Å²) in [4.78, 5) is 32.8. The summed E-state index contributed by atoms with van der Waals surface area (Å²) in [6, 6.07) is 14.3. The smallest absolute Gasteiger partial charge is 0.227 e. The molecule has 164 valence electrons. The van der Waals surface area contributed by atoms with Gasteiger partial charge < -0.3 is 10.6 Å². The molecule has 2 heterocycles. The second-order valence-electron chi connectivity index (χ2n) is 9.37. The highest BCUT2D eigenvalue weighted by molar-refractivity contribution is 6.05. The third kappa shape index (κ3) is 4.36. The summed E-state index contributed by atoms with van der Waals surface area (Å²) in [5.74, 6) is 0.761. The number of likely N-dealkylation sites (tertiary alicyclic amines) is 1. The van der Waals surface area contributed by atoms with Crippen LogP contribution < -0.4 is 5.73 Å². The number of fused-ring (bicyclic) bond motifs is 1. The molecule has 2 N–H and O–H groups in total. The molecule has 2 unspecified atom stereocenters. The van der Waals surface area contributed by atoms with E-state index in [-0.39, 0.29) is 23.5 Å². The lowest BCUT2D eigenvalue weighted by Gasteiger charge is -2.43. The van der Waals surface area contributed by atoms with Crippen LogP contribution in [-0.4, -0.2) is 41.1 Å². The zero-order valence-corrected chi connectivity index (χ0v) is 18.6. The Labute approximate surface area is 184 Å². The number of carbonyl (C=O) groups is 2. The second-order valence-corrected chi connectivity index (χ2v) is 9.37. The SMILES string of the molecule is CCCC1C(=O)C[C@@](C)(C2CCCN(C(=O)Cc3cccc4ccccc34)C2)N=C1N. The van der Waals surface area contributed by atoms with Gasteiger partial charge in [0, 0.05) is 25.4 Å². The molecule has 0 aromatic heterocycles. The number of hydrogen-bond acceptors (Lipinski definition) is 4. The molecule has 4 rings (SSSR count). The van der Waals surface area contributed by atoms with E-state index in [2.05, 4.69) is 25.1 Å². The van der Waals surface area contributed by atoms with E-state index < -0.39 is 5.54 Å². The van der Waals surface area contributed by atoms with Gasteiger partial charge in [-0.1, -0.05) is 55.8 Å². The van der Waals surface area contributed by atoms with E-state index in [1.165, 1.54) is 0 Å². The molecule has 2 aromatic rings. The average molecular weight is 420 g/mol. The van der Waals surface area contributed by atoms with Crippen LogP contribution in [0.1, 0.15) is 51.5 Å². The van der Waals surface area contributed by atoms with Crippen molar-refractivity contribution in [2.24, 2.45) is 22.6 Å². The van der Waals surface area contributed by atoms with Gasteiger partial charge in [0.15, 0.2) is 0 Å². The van der Waals surface area contributed by atoms with E-state index in [1.807, 2.05) is 36.1 Å². The van der Waals surface area contributed by atoms with Gasteiger partial charge in [-0.15, -0.1) is 0 Å². The monoisotopic (exact) mass is 419 g/mol. The lowest BCUT2D eigenvalue weighted by molar-refractivity contribution is -0.132. The fraction of sp³-hybridized carbons (Fsp3) is 0.500. The number of ketones is 1.